The Labute approximate surface area is 150 Å². The predicted molar refractivity (Wildman–Crippen MR) is 98.4 cm³/mol. The van der Waals surface area contributed by atoms with E-state index >= 15 is 0 Å². The SMILES string of the molecule is COc1ccc(NC(=O)c2cc(C)n(-c3nccs3)c2C)cc1OC. The molecular formula is C18H19N3O3S. The van der Waals surface area contributed by atoms with Gasteiger partial charge in [0.1, 0.15) is 0 Å². The normalized spacial score (nSPS) is 10.6. The van der Waals surface area contributed by atoms with E-state index in [0.29, 0.717) is 22.7 Å². The summed E-state index contributed by atoms with van der Waals surface area (Å²) in [5.41, 5.74) is 3.07. The van der Waals surface area contributed by atoms with Gasteiger partial charge in [-0.25, -0.2) is 4.98 Å². The largest absolute Gasteiger partial charge is 0.493 e. The molecule has 1 aromatic carbocycles. The molecule has 0 unspecified atom stereocenters. The van der Waals surface area contributed by atoms with Gasteiger partial charge in [-0.1, -0.05) is 0 Å². The average Bonchev–Trinajstić information content (AvgIpc) is 3.22. The van der Waals surface area contributed by atoms with Gasteiger partial charge >= 0.3 is 0 Å². The van der Waals surface area contributed by atoms with Crippen molar-refractivity contribution in [3.8, 4) is 16.6 Å². The number of carbonyl (C=O) groups is 1. The summed E-state index contributed by atoms with van der Waals surface area (Å²) in [6.07, 6.45) is 1.75. The van der Waals surface area contributed by atoms with Gasteiger partial charge in [0.15, 0.2) is 16.6 Å². The molecule has 0 bridgehead atoms. The second-order valence-corrected chi connectivity index (χ2v) is 6.33. The first-order valence-corrected chi connectivity index (χ1v) is 8.55. The second-order valence-electron chi connectivity index (χ2n) is 5.46. The van der Waals surface area contributed by atoms with Crippen LogP contribution in [0.25, 0.3) is 5.13 Å². The summed E-state index contributed by atoms with van der Waals surface area (Å²) in [6, 6.07) is 7.14. The molecule has 0 aliphatic rings. The van der Waals surface area contributed by atoms with Gasteiger partial charge in [0.25, 0.3) is 5.91 Å². The maximum Gasteiger partial charge on any atom is 0.257 e. The van der Waals surface area contributed by atoms with Crippen LogP contribution >= 0.6 is 11.3 Å². The molecule has 0 spiro atoms. The minimum atomic E-state index is -0.178. The second kappa shape index (κ2) is 6.98. The molecule has 2 aromatic heterocycles. The topological polar surface area (TPSA) is 65.4 Å². The number of methoxy groups -OCH3 is 2. The first-order chi connectivity index (χ1) is 12.0. The van der Waals surface area contributed by atoms with Crippen molar-refractivity contribution in [2.75, 3.05) is 19.5 Å². The minimum Gasteiger partial charge on any atom is -0.493 e. The third kappa shape index (κ3) is 3.23. The number of rotatable bonds is 5. The van der Waals surface area contributed by atoms with Crippen molar-refractivity contribution in [2.45, 2.75) is 13.8 Å². The highest BCUT2D eigenvalue weighted by molar-refractivity contribution is 7.12. The zero-order chi connectivity index (χ0) is 18.0. The molecule has 25 heavy (non-hydrogen) atoms. The van der Waals surface area contributed by atoms with Gasteiger partial charge in [-0.15, -0.1) is 11.3 Å². The molecule has 0 radical (unpaired) electrons. The monoisotopic (exact) mass is 357 g/mol. The lowest BCUT2D eigenvalue weighted by Gasteiger charge is -2.11. The summed E-state index contributed by atoms with van der Waals surface area (Å²) in [5.74, 6) is 0.999. The van der Waals surface area contributed by atoms with Gasteiger partial charge in [0, 0.05) is 34.7 Å². The van der Waals surface area contributed by atoms with Crippen molar-refractivity contribution in [1.29, 1.82) is 0 Å². The van der Waals surface area contributed by atoms with E-state index in [1.807, 2.05) is 29.9 Å². The molecule has 6 nitrogen and oxygen atoms in total. The molecule has 2 heterocycles. The van der Waals surface area contributed by atoms with Crippen molar-refractivity contribution in [1.82, 2.24) is 9.55 Å². The number of anilines is 1. The molecular weight excluding hydrogens is 338 g/mol. The van der Waals surface area contributed by atoms with Gasteiger partial charge in [-0.2, -0.15) is 0 Å². The summed E-state index contributed by atoms with van der Waals surface area (Å²) < 4.78 is 12.5. The fraction of sp³-hybridized carbons (Fsp3) is 0.222. The van der Waals surface area contributed by atoms with Crippen LogP contribution in [-0.2, 0) is 0 Å². The van der Waals surface area contributed by atoms with Crippen LogP contribution in [0.3, 0.4) is 0 Å². The molecule has 0 saturated carbocycles. The molecule has 130 valence electrons. The van der Waals surface area contributed by atoms with Crippen LogP contribution in [0.15, 0.2) is 35.8 Å². The van der Waals surface area contributed by atoms with E-state index in [2.05, 4.69) is 10.3 Å². The zero-order valence-corrected chi connectivity index (χ0v) is 15.3. The van der Waals surface area contributed by atoms with E-state index < -0.39 is 0 Å². The number of aryl methyl sites for hydroxylation is 1. The first kappa shape index (κ1) is 17.0. The summed E-state index contributed by atoms with van der Waals surface area (Å²) in [7, 11) is 3.13. The van der Waals surface area contributed by atoms with E-state index in [0.717, 1.165) is 16.5 Å². The molecule has 3 aromatic rings. The maximum absolute atomic E-state index is 12.7. The van der Waals surface area contributed by atoms with Gasteiger partial charge in [0.2, 0.25) is 0 Å². The molecule has 0 atom stereocenters. The molecule has 1 amide bonds. The minimum absolute atomic E-state index is 0.178. The van der Waals surface area contributed by atoms with Crippen LogP contribution in [0.1, 0.15) is 21.7 Å². The number of aromatic nitrogens is 2. The Kier molecular flexibility index (Phi) is 4.76. The van der Waals surface area contributed by atoms with Crippen LogP contribution in [-0.4, -0.2) is 29.7 Å². The van der Waals surface area contributed by atoms with Gasteiger partial charge < -0.3 is 14.8 Å². The summed E-state index contributed by atoms with van der Waals surface area (Å²) >= 11 is 1.53. The van der Waals surface area contributed by atoms with Crippen LogP contribution in [0, 0.1) is 13.8 Å². The number of hydrogen-bond acceptors (Lipinski definition) is 5. The lowest BCUT2D eigenvalue weighted by Crippen LogP contribution is -2.13. The summed E-state index contributed by atoms with van der Waals surface area (Å²) in [4.78, 5) is 17.0. The summed E-state index contributed by atoms with van der Waals surface area (Å²) in [5, 5.41) is 5.67. The van der Waals surface area contributed by atoms with E-state index in [-0.39, 0.29) is 5.91 Å². The molecule has 0 fully saturated rings. The number of amides is 1. The zero-order valence-electron chi connectivity index (χ0n) is 14.5. The quantitative estimate of drug-likeness (QED) is 0.754. The number of nitrogens with one attached hydrogen (secondary N) is 1. The van der Waals surface area contributed by atoms with Gasteiger partial charge in [0.05, 0.1) is 19.8 Å². The molecule has 1 N–H and O–H groups in total. The third-order valence-corrected chi connectivity index (χ3v) is 4.68. The fourth-order valence-electron chi connectivity index (χ4n) is 2.73. The van der Waals surface area contributed by atoms with Gasteiger partial charge in [-0.3, -0.25) is 9.36 Å². The summed E-state index contributed by atoms with van der Waals surface area (Å²) in [6.45, 7) is 3.87. The number of hydrogen-bond donors (Lipinski definition) is 1. The number of carbonyl (C=O) groups excluding carboxylic acids is 1. The molecule has 0 aliphatic carbocycles. The highest BCUT2D eigenvalue weighted by Gasteiger charge is 2.18. The Hall–Kier alpha value is -2.80. The van der Waals surface area contributed by atoms with Crippen molar-refractivity contribution < 1.29 is 14.3 Å². The van der Waals surface area contributed by atoms with Crippen molar-refractivity contribution >= 4 is 22.9 Å². The molecule has 7 heteroatoms. The maximum atomic E-state index is 12.7. The van der Waals surface area contributed by atoms with Crippen molar-refractivity contribution in [3.05, 3.63) is 52.8 Å². The number of benzene rings is 1. The van der Waals surface area contributed by atoms with Crippen LogP contribution < -0.4 is 14.8 Å². The lowest BCUT2D eigenvalue weighted by molar-refractivity contribution is 0.102. The number of nitrogens with zero attached hydrogens (tertiary/aromatic N) is 2. The van der Waals surface area contributed by atoms with Crippen molar-refractivity contribution in [2.24, 2.45) is 0 Å². The van der Waals surface area contributed by atoms with E-state index in [1.165, 1.54) is 11.3 Å². The van der Waals surface area contributed by atoms with E-state index in [4.69, 9.17) is 9.47 Å². The smallest absolute Gasteiger partial charge is 0.257 e. The standard InChI is InChI=1S/C18H19N3O3S/c1-11-9-14(12(2)21(11)18-19-7-8-25-18)17(22)20-13-5-6-15(23-3)16(10-13)24-4/h5-10H,1-4H3,(H,20,22). The third-order valence-electron chi connectivity index (χ3n) is 3.93. The molecule has 0 saturated heterocycles. The highest BCUT2D eigenvalue weighted by Crippen LogP contribution is 2.30. The van der Waals surface area contributed by atoms with Crippen LogP contribution in [0.2, 0.25) is 0 Å². The Bertz CT molecular complexity index is 901. The Morgan fingerprint density at radius 2 is 1.92 bits per heavy atom. The Balaban J connectivity index is 1.89. The average molecular weight is 357 g/mol. The predicted octanol–water partition coefficient (Wildman–Crippen LogP) is 3.82. The fourth-order valence-corrected chi connectivity index (χ4v) is 3.48. The number of ether oxygens (including phenoxy) is 2. The van der Waals surface area contributed by atoms with Crippen LogP contribution in [0.4, 0.5) is 5.69 Å². The number of thiazole rings is 1. The lowest BCUT2D eigenvalue weighted by atomic mass is 10.2. The highest BCUT2D eigenvalue weighted by atomic mass is 32.1. The first-order valence-electron chi connectivity index (χ1n) is 7.67. The Morgan fingerprint density at radius 1 is 1.16 bits per heavy atom. The Morgan fingerprint density at radius 3 is 2.56 bits per heavy atom. The van der Waals surface area contributed by atoms with Gasteiger partial charge in [-0.05, 0) is 32.0 Å². The van der Waals surface area contributed by atoms with E-state index in [1.54, 1.807) is 38.6 Å². The van der Waals surface area contributed by atoms with Crippen molar-refractivity contribution in [3.63, 3.8) is 0 Å². The van der Waals surface area contributed by atoms with E-state index in [9.17, 15) is 4.79 Å². The van der Waals surface area contributed by atoms with Crippen LogP contribution in [0.5, 0.6) is 11.5 Å². The molecule has 3 rings (SSSR count). The molecule has 0 aliphatic heterocycles.